The van der Waals surface area contributed by atoms with Crippen LogP contribution in [0.15, 0.2) is 12.2 Å². The molecule has 4 atom stereocenters. The quantitative estimate of drug-likeness (QED) is 0.246. The third-order valence-electron chi connectivity index (χ3n) is 5.73. The minimum atomic E-state index is -0.730. The van der Waals surface area contributed by atoms with Crippen molar-refractivity contribution in [3.05, 3.63) is 12.2 Å². The van der Waals surface area contributed by atoms with Gasteiger partial charge in [0, 0.05) is 24.7 Å². The van der Waals surface area contributed by atoms with Gasteiger partial charge < -0.3 is 14.9 Å². The predicted molar refractivity (Wildman–Crippen MR) is 115 cm³/mol. The summed E-state index contributed by atoms with van der Waals surface area (Å²) in [5.41, 5.74) is -0.730. The summed E-state index contributed by atoms with van der Waals surface area (Å²) in [4.78, 5) is 23.8. The summed E-state index contributed by atoms with van der Waals surface area (Å²) >= 11 is 0. The zero-order chi connectivity index (χ0) is 21.9. The van der Waals surface area contributed by atoms with E-state index in [2.05, 4.69) is 6.92 Å². The molecule has 0 radical (unpaired) electrons. The number of ether oxygens (including phenoxy) is 1. The molecule has 1 saturated carbocycles. The average molecular weight is 411 g/mol. The molecule has 0 bridgehead atoms. The number of unbranched alkanes of at least 4 members (excludes halogenated alkanes) is 4. The molecule has 0 saturated heterocycles. The fourth-order valence-electron chi connectivity index (χ4n) is 4.04. The Balaban J connectivity index is 2.38. The number of hydrogen-bond acceptors (Lipinski definition) is 5. The van der Waals surface area contributed by atoms with Crippen LogP contribution in [0.1, 0.15) is 98.3 Å². The number of ketones is 1. The van der Waals surface area contributed by atoms with E-state index in [0.29, 0.717) is 12.8 Å². The standard InChI is InChI=1S/C24H42O5/c1-5-6-15-24(4,28)16-11-13-20-19(21(25)17-22(20)26)12-9-7-8-10-14-23(27)29-18(2)3/h11,13,18-20,22,26,28H,5-10,12,14-17H2,1-4H3/b13-11+/t19-,20-,22-,24?/m1/s1. The van der Waals surface area contributed by atoms with Crippen LogP contribution in [0.25, 0.3) is 0 Å². The topological polar surface area (TPSA) is 83.8 Å². The van der Waals surface area contributed by atoms with Gasteiger partial charge in [-0.2, -0.15) is 0 Å². The Kier molecular flexibility index (Phi) is 11.7. The van der Waals surface area contributed by atoms with Crippen molar-refractivity contribution in [3.8, 4) is 0 Å². The molecule has 5 nitrogen and oxygen atoms in total. The molecule has 0 amide bonds. The number of hydrogen-bond donors (Lipinski definition) is 2. The van der Waals surface area contributed by atoms with E-state index < -0.39 is 11.7 Å². The Morgan fingerprint density at radius 1 is 1.24 bits per heavy atom. The third kappa shape index (κ3) is 10.4. The van der Waals surface area contributed by atoms with E-state index in [4.69, 9.17) is 4.74 Å². The first-order chi connectivity index (χ1) is 13.7. The summed E-state index contributed by atoms with van der Waals surface area (Å²) in [6.07, 6.45) is 11.6. The van der Waals surface area contributed by atoms with Crippen molar-refractivity contribution < 1.29 is 24.5 Å². The van der Waals surface area contributed by atoms with Crippen molar-refractivity contribution in [2.45, 2.75) is 116 Å². The van der Waals surface area contributed by atoms with Gasteiger partial charge in [0.25, 0.3) is 0 Å². The number of esters is 1. The van der Waals surface area contributed by atoms with Gasteiger partial charge in [0.05, 0.1) is 17.8 Å². The summed E-state index contributed by atoms with van der Waals surface area (Å²) < 4.78 is 5.12. The summed E-state index contributed by atoms with van der Waals surface area (Å²) in [5.74, 6) is -0.280. The smallest absolute Gasteiger partial charge is 0.306 e. The Labute approximate surface area is 176 Å². The van der Waals surface area contributed by atoms with E-state index >= 15 is 0 Å². The highest BCUT2D eigenvalue weighted by Gasteiger charge is 2.39. The molecule has 29 heavy (non-hydrogen) atoms. The SMILES string of the molecule is CCCCC(C)(O)C/C=C/[C@H]1[C@H](O)CC(=O)[C@@H]1CCCCCCC(=O)OC(C)C. The van der Waals surface area contributed by atoms with Crippen molar-refractivity contribution in [3.63, 3.8) is 0 Å². The number of carbonyl (C=O) groups is 2. The van der Waals surface area contributed by atoms with E-state index in [9.17, 15) is 19.8 Å². The van der Waals surface area contributed by atoms with E-state index in [1.54, 1.807) is 0 Å². The normalized spacial score (nSPS) is 24.4. The molecule has 0 aromatic carbocycles. The second-order valence-electron chi connectivity index (χ2n) is 9.15. The van der Waals surface area contributed by atoms with E-state index in [1.807, 2.05) is 32.9 Å². The number of rotatable bonds is 14. The summed E-state index contributed by atoms with van der Waals surface area (Å²) in [7, 11) is 0. The van der Waals surface area contributed by atoms with Crippen LogP contribution in [-0.2, 0) is 14.3 Å². The van der Waals surface area contributed by atoms with Crippen LogP contribution in [0.4, 0.5) is 0 Å². The van der Waals surface area contributed by atoms with Crippen molar-refractivity contribution in [1.82, 2.24) is 0 Å². The predicted octanol–water partition coefficient (Wildman–Crippen LogP) is 4.73. The van der Waals surface area contributed by atoms with Crippen molar-refractivity contribution >= 4 is 11.8 Å². The lowest BCUT2D eigenvalue weighted by molar-refractivity contribution is -0.147. The fourth-order valence-corrected chi connectivity index (χ4v) is 4.04. The Hall–Kier alpha value is -1.20. The van der Waals surface area contributed by atoms with Gasteiger partial charge in [-0.1, -0.05) is 51.2 Å². The van der Waals surface area contributed by atoms with Crippen LogP contribution in [0.2, 0.25) is 0 Å². The van der Waals surface area contributed by atoms with E-state index in [-0.39, 0.29) is 36.1 Å². The highest BCUT2D eigenvalue weighted by molar-refractivity contribution is 5.84. The number of Topliss-reactive ketones (excluding diaryl/α,β-unsaturated/α-hetero) is 1. The lowest BCUT2D eigenvalue weighted by atomic mass is 9.87. The van der Waals surface area contributed by atoms with Gasteiger partial charge in [-0.3, -0.25) is 9.59 Å². The lowest BCUT2D eigenvalue weighted by Crippen LogP contribution is -2.23. The average Bonchev–Trinajstić information content (AvgIpc) is 2.89. The van der Waals surface area contributed by atoms with E-state index in [0.717, 1.165) is 51.4 Å². The van der Waals surface area contributed by atoms with Crippen LogP contribution >= 0.6 is 0 Å². The Bertz CT molecular complexity index is 523. The van der Waals surface area contributed by atoms with Crippen LogP contribution in [0.5, 0.6) is 0 Å². The molecular weight excluding hydrogens is 368 g/mol. The highest BCUT2D eigenvalue weighted by atomic mass is 16.5. The second kappa shape index (κ2) is 13.2. The van der Waals surface area contributed by atoms with Gasteiger partial charge in [0.2, 0.25) is 0 Å². The summed E-state index contributed by atoms with van der Waals surface area (Å²) in [6, 6.07) is 0. The first-order valence-electron chi connectivity index (χ1n) is 11.5. The molecule has 168 valence electrons. The molecule has 1 aliphatic carbocycles. The zero-order valence-corrected chi connectivity index (χ0v) is 18.9. The first-order valence-corrected chi connectivity index (χ1v) is 11.5. The molecule has 5 heteroatoms. The summed E-state index contributed by atoms with van der Waals surface area (Å²) in [5, 5.41) is 20.7. The Morgan fingerprint density at radius 3 is 2.59 bits per heavy atom. The summed E-state index contributed by atoms with van der Waals surface area (Å²) in [6.45, 7) is 7.65. The van der Waals surface area contributed by atoms with Crippen molar-refractivity contribution in [2.24, 2.45) is 11.8 Å². The largest absolute Gasteiger partial charge is 0.463 e. The molecule has 1 unspecified atom stereocenters. The lowest BCUT2D eigenvalue weighted by Gasteiger charge is -2.22. The zero-order valence-electron chi connectivity index (χ0n) is 18.9. The monoisotopic (exact) mass is 410 g/mol. The van der Waals surface area contributed by atoms with Crippen LogP contribution in [0, 0.1) is 11.8 Å². The molecular formula is C24H42O5. The number of carbonyl (C=O) groups excluding carboxylic acids is 2. The van der Waals surface area contributed by atoms with Gasteiger partial charge in [0.1, 0.15) is 5.78 Å². The molecule has 0 aromatic heterocycles. The maximum atomic E-state index is 12.3. The van der Waals surface area contributed by atoms with E-state index in [1.165, 1.54) is 0 Å². The van der Waals surface area contributed by atoms with Crippen LogP contribution in [0.3, 0.4) is 0 Å². The van der Waals surface area contributed by atoms with Crippen LogP contribution < -0.4 is 0 Å². The minimum Gasteiger partial charge on any atom is -0.463 e. The van der Waals surface area contributed by atoms with Crippen molar-refractivity contribution in [1.29, 1.82) is 0 Å². The molecule has 2 N–H and O–H groups in total. The molecule has 0 aliphatic heterocycles. The second-order valence-corrected chi connectivity index (χ2v) is 9.15. The molecule has 0 spiro atoms. The van der Waals surface area contributed by atoms with Gasteiger partial charge in [-0.25, -0.2) is 0 Å². The molecule has 0 aromatic rings. The molecule has 0 heterocycles. The minimum absolute atomic E-state index is 0.0670. The maximum Gasteiger partial charge on any atom is 0.306 e. The van der Waals surface area contributed by atoms with Crippen molar-refractivity contribution in [2.75, 3.05) is 0 Å². The number of aliphatic hydroxyl groups excluding tert-OH is 1. The molecule has 1 fully saturated rings. The maximum absolute atomic E-state index is 12.3. The molecule has 1 rings (SSSR count). The number of aliphatic hydroxyl groups is 2. The van der Waals surface area contributed by atoms with Gasteiger partial charge in [-0.15, -0.1) is 0 Å². The fraction of sp³-hybridized carbons (Fsp3) is 0.833. The van der Waals surface area contributed by atoms with Crippen LogP contribution in [-0.4, -0.2) is 39.8 Å². The first kappa shape index (κ1) is 25.8. The Morgan fingerprint density at radius 2 is 1.93 bits per heavy atom. The molecule has 1 aliphatic rings. The highest BCUT2D eigenvalue weighted by Crippen LogP contribution is 2.34. The third-order valence-corrected chi connectivity index (χ3v) is 5.73. The van der Waals surface area contributed by atoms with Gasteiger partial charge in [-0.05, 0) is 46.5 Å². The van der Waals surface area contributed by atoms with Gasteiger partial charge in [0.15, 0.2) is 0 Å². The van der Waals surface area contributed by atoms with Gasteiger partial charge >= 0.3 is 5.97 Å².